The average Bonchev–Trinajstić information content (AvgIpc) is 2.15. The van der Waals surface area contributed by atoms with Gasteiger partial charge in [-0.15, -0.1) is 0 Å². The van der Waals surface area contributed by atoms with E-state index in [1.807, 2.05) is 0 Å². The van der Waals surface area contributed by atoms with Crippen LogP contribution in [0.5, 0.6) is 0 Å². The highest BCUT2D eigenvalue weighted by atomic mass is 15.0. The van der Waals surface area contributed by atoms with Crippen molar-refractivity contribution in [2.75, 3.05) is 45.8 Å². The summed E-state index contributed by atoms with van der Waals surface area (Å²) in [6.07, 6.45) is 0. The molecule has 0 bridgehead atoms. The van der Waals surface area contributed by atoms with Crippen molar-refractivity contribution in [3.63, 3.8) is 0 Å². The summed E-state index contributed by atoms with van der Waals surface area (Å²) in [5, 5.41) is 9.97. The maximum Gasteiger partial charge on any atom is 0.00772 e. The summed E-state index contributed by atoms with van der Waals surface area (Å²) in [6.45, 7) is 11.3. The number of hydrogen-bond acceptors (Lipinski definition) is 4. The normalized spacial score (nSPS) is 11.1. The molecule has 0 aromatic carbocycles. The topological polar surface area (TPSA) is 62.1 Å². The second-order valence-corrected chi connectivity index (χ2v) is 3.89. The van der Waals surface area contributed by atoms with Crippen molar-refractivity contribution in [1.82, 2.24) is 16.0 Å². The van der Waals surface area contributed by atoms with Gasteiger partial charge in [-0.2, -0.15) is 0 Å². The summed E-state index contributed by atoms with van der Waals surface area (Å²) < 4.78 is 0. The molecule has 0 saturated carbocycles. The molecule has 0 saturated heterocycles. The zero-order valence-corrected chi connectivity index (χ0v) is 9.60. The maximum absolute atomic E-state index is 5.34. The molecule has 0 aliphatic heterocycles. The maximum atomic E-state index is 5.34. The van der Waals surface area contributed by atoms with Gasteiger partial charge in [-0.05, 0) is 12.5 Å². The summed E-state index contributed by atoms with van der Waals surface area (Å²) in [6, 6.07) is 0. The minimum atomic E-state index is 0.718. The van der Waals surface area contributed by atoms with Crippen LogP contribution in [0.15, 0.2) is 0 Å². The van der Waals surface area contributed by atoms with Crippen LogP contribution >= 0.6 is 0 Å². The van der Waals surface area contributed by atoms with Gasteiger partial charge in [0.25, 0.3) is 0 Å². The summed E-state index contributed by atoms with van der Waals surface area (Å²) in [4.78, 5) is 0. The van der Waals surface area contributed by atoms with E-state index in [1.54, 1.807) is 0 Å². The highest BCUT2D eigenvalue weighted by molar-refractivity contribution is 4.56. The van der Waals surface area contributed by atoms with Crippen molar-refractivity contribution >= 4 is 0 Å². The number of nitrogens with two attached hydrogens (primary N) is 1. The van der Waals surface area contributed by atoms with E-state index in [4.69, 9.17) is 5.73 Å². The molecule has 0 atom stereocenters. The molecule has 0 aromatic heterocycles. The molecule has 0 fully saturated rings. The Morgan fingerprint density at radius 1 is 0.857 bits per heavy atom. The Labute approximate surface area is 88.0 Å². The van der Waals surface area contributed by atoms with E-state index in [2.05, 4.69) is 29.8 Å². The first-order valence-electron chi connectivity index (χ1n) is 5.59. The van der Waals surface area contributed by atoms with Crippen LogP contribution in [0.25, 0.3) is 0 Å². The Hall–Kier alpha value is -0.160. The molecule has 0 heterocycles. The Morgan fingerprint density at radius 3 is 1.86 bits per heavy atom. The van der Waals surface area contributed by atoms with Crippen LogP contribution in [-0.4, -0.2) is 45.8 Å². The van der Waals surface area contributed by atoms with E-state index >= 15 is 0 Å². The summed E-state index contributed by atoms with van der Waals surface area (Å²) in [5.74, 6) is 0.737. The largest absolute Gasteiger partial charge is 0.329 e. The van der Waals surface area contributed by atoms with Crippen molar-refractivity contribution in [2.24, 2.45) is 11.7 Å². The van der Waals surface area contributed by atoms with Gasteiger partial charge in [-0.3, -0.25) is 0 Å². The van der Waals surface area contributed by atoms with Crippen molar-refractivity contribution in [2.45, 2.75) is 13.8 Å². The fourth-order valence-corrected chi connectivity index (χ4v) is 1.10. The zero-order chi connectivity index (χ0) is 10.6. The molecule has 5 N–H and O–H groups in total. The molecule has 0 unspecified atom stereocenters. The predicted octanol–water partition coefficient (Wildman–Crippen LogP) is -0.630. The average molecular weight is 202 g/mol. The highest BCUT2D eigenvalue weighted by Crippen LogP contribution is 1.85. The molecule has 14 heavy (non-hydrogen) atoms. The molecule has 0 aliphatic rings. The molecule has 86 valence electrons. The molecule has 0 aliphatic carbocycles. The minimum Gasteiger partial charge on any atom is -0.329 e. The van der Waals surface area contributed by atoms with Crippen LogP contribution in [0.1, 0.15) is 13.8 Å². The lowest BCUT2D eigenvalue weighted by molar-refractivity contribution is 0.530. The van der Waals surface area contributed by atoms with Gasteiger partial charge in [0, 0.05) is 39.3 Å². The molecule has 0 aromatic rings. The van der Waals surface area contributed by atoms with Crippen LogP contribution in [0.3, 0.4) is 0 Å². The summed E-state index contributed by atoms with van der Waals surface area (Å²) in [7, 11) is 0. The van der Waals surface area contributed by atoms with Gasteiger partial charge >= 0.3 is 0 Å². The monoisotopic (exact) mass is 202 g/mol. The SMILES string of the molecule is CC(C)CNCCNCCNCCN. The van der Waals surface area contributed by atoms with Crippen LogP contribution < -0.4 is 21.7 Å². The smallest absolute Gasteiger partial charge is 0.00772 e. The first-order valence-corrected chi connectivity index (χ1v) is 5.59. The number of hydrogen-bond donors (Lipinski definition) is 4. The van der Waals surface area contributed by atoms with Gasteiger partial charge in [-0.1, -0.05) is 13.8 Å². The summed E-state index contributed by atoms with van der Waals surface area (Å²) >= 11 is 0. The van der Waals surface area contributed by atoms with Crippen LogP contribution in [0.4, 0.5) is 0 Å². The van der Waals surface area contributed by atoms with E-state index < -0.39 is 0 Å². The van der Waals surface area contributed by atoms with E-state index in [1.165, 1.54) is 0 Å². The lowest BCUT2D eigenvalue weighted by Gasteiger charge is -2.08. The number of rotatable bonds is 10. The lowest BCUT2D eigenvalue weighted by atomic mass is 10.2. The standard InChI is InChI=1S/C10H26N4/c1-10(2)9-14-8-7-13-6-5-12-4-3-11/h10,12-14H,3-9,11H2,1-2H3. The Bertz CT molecular complexity index is 106. The second-order valence-electron chi connectivity index (χ2n) is 3.89. The van der Waals surface area contributed by atoms with Crippen molar-refractivity contribution in [1.29, 1.82) is 0 Å². The van der Waals surface area contributed by atoms with E-state index in [0.717, 1.165) is 51.7 Å². The molecule has 4 nitrogen and oxygen atoms in total. The van der Waals surface area contributed by atoms with Crippen LogP contribution in [0, 0.1) is 5.92 Å². The second kappa shape index (κ2) is 10.9. The zero-order valence-electron chi connectivity index (χ0n) is 9.60. The van der Waals surface area contributed by atoms with E-state index in [-0.39, 0.29) is 0 Å². The molecule has 0 radical (unpaired) electrons. The third kappa shape index (κ3) is 11.8. The summed E-state index contributed by atoms with van der Waals surface area (Å²) in [5.41, 5.74) is 5.34. The van der Waals surface area contributed by atoms with Gasteiger partial charge in [0.1, 0.15) is 0 Å². The quantitative estimate of drug-likeness (QED) is 0.356. The molecular weight excluding hydrogens is 176 g/mol. The molecule has 0 amide bonds. The lowest BCUT2D eigenvalue weighted by Crippen LogP contribution is -2.34. The number of nitrogens with one attached hydrogen (secondary N) is 3. The van der Waals surface area contributed by atoms with Crippen molar-refractivity contribution in [3.8, 4) is 0 Å². The molecule has 0 rings (SSSR count). The molecular formula is C10H26N4. The van der Waals surface area contributed by atoms with Gasteiger partial charge in [0.15, 0.2) is 0 Å². The fourth-order valence-electron chi connectivity index (χ4n) is 1.10. The van der Waals surface area contributed by atoms with Crippen molar-refractivity contribution in [3.05, 3.63) is 0 Å². The Kier molecular flexibility index (Phi) is 10.8. The van der Waals surface area contributed by atoms with E-state index in [9.17, 15) is 0 Å². The Morgan fingerprint density at radius 2 is 1.36 bits per heavy atom. The third-order valence-electron chi connectivity index (χ3n) is 1.83. The third-order valence-corrected chi connectivity index (χ3v) is 1.83. The van der Waals surface area contributed by atoms with Gasteiger partial charge < -0.3 is 21.7 Å². The molecule has 0 spiro atoms. The van der Waals surface area contributed by atoms with Crippen LogP contribution in [-0.2, 0) is 0 Å². The predicted molar refractivity (Wildman–Crippen MR) is 62.5 cm³/mol. The first kappa shape index (κ1) is 13.8. The first-order chi connectivity index (χ1) is 6.77. The fraction of sp³-hybridized carbons (Fsp3) is 1.00. The Balaban J connectivity index is 2.85. The van der Waals surface area contributed by atoms with Crippen LogP contribution in [0.2, 0.25) is 0 Å². The van der Waals surface area contributed by atoms with Gasteiger partial charge in [-0.25, -0.2) is 0 Å². The highest BCUT2D eigenvalue weighted by Gasteiger charge is 1.91. The van der Waals surface area contributed by atoms with Crippen molar-refractivity contribution < 1.29 is 0 Å². The molecule has 4 heteroatoms. The van der Waals surface area contributed by atoms with E-state index in [0.29, 0.717) is 0 Å². The van der Waals surface area contributed by atoms with Gasteiger partial charge in [0.2, 0.25) is 0 Å². The minimum absolute atomic E-state index is 0.718. The van der Waals surface area contributed by atoms with Gasteiger partial charge in [0.05, 0.1) is 0 Å².